The van der Waals surface area contributed by atoms with Gasteiger partial charge in [-0.25, -0.2) is 12.8 Å². The minimum Gasteiger partial charge on any atom is -0.357 e. The van der Waals surface area contributed by atoms with E-state index in [1.165, 1.54) is 36.2 Å². The van der Waals surface area contributed by atoms with Gasteiger partial charge in [-0.15, -0.1) is 0 Å². The highest BCUT2D eigenvalue weighted by Gasteiger charge is 2.30. The number of halogens is 1. The normalized spacial score (nSPS) is 12.2. The lowest BCUT2D eigenvalue weighted by Gasteiger charge is -2.31. The van der Waals surface area contributed by atoms with Crippen LogP contribution in [0.5, 0.6) is 0 Å². The lowest BCUT2D eigenvalue weighted by molar-refractivity contribution is -0.139. The summed E-state index contributed by atoms with van der Waals surface area (Å²) < 4.78 is 39.1. The zero-order valence-corrected chi connectivity index (χ0v) is 18.2. The molecule has 9 heteroatoms. The number of likely N-dealkylation sites (N-methyl/N-ethyl adjacent to an activating group) is 1. The van der Waals surface area contributed by atoms with E-state index in [2.05, 4.69) is 5.32 Å². The first-order chi connectivity index (χ1) is 14.0. The first kappa shape index (κ1) is 23.3. The van der Waals surface area contributed by atoms with Crippen molar-refractivity contribution in [3.8, 4) is 0 Å². The molecular weight excluding hydrogens is 409 g/mol. The molecule has 0 fully saturated rings. The summed E-state index contributed by atoms with van der Waals surface area (Å²) in [6.45, 7) is 2.87. The molecule has 0 aromatic heterocycles. The third-order valence-electron chi connectivity index (χ3n) is 4.74. The van der Waals surface area contributed by atoms with Crippen LogP contribution in [0.25, 0.3) is 0 Å². The van der Waals surface area contributed by atoms with Crippen LogP contribution in [-0.2, 0) is 26.2 Å². The molecule has 1 atom stereocenters. The molecule has 1 N–H and O–H groups in total. The molecule has 0 unspecified atom stereocenters. The van der Waals surface area contributed by atoms with Crippen molar-refractivity contribution in [3.63, 3.8) is 0 Å². The first-order valence-electron chi connectivity index (χ1n) is 9.33. The number of hydrogen-bond donors (Lipinski definition) is 1. The Bertz CT molecular complexity index is 1010. The van der Waals surface area contributed by atoms with E-state index in [0.717, 1.165) is 10.6 Å². The predicted octanol–water partition coefficient (Wildman–Crippen LogP) is 2.06. The molecule has 162 valence electrons. The molecule has 0 radical (unpaired) electrons. The Morgan fingerprint density at radius 1 is 1.10 bits per heavy atom. The largest absolute Gasteiger partial charge is 0.357 e. The van der Waals surface area contributed by atoms with Crippen LogP contribution >= 0.6 is 0 Å². The van der Waals surface area contributed by atoms with Crippen LogP contribution in [0.1, 0.15) is 18.1 Å². The lowest BCUT2D eigenvalue weighted by Crippen LogP contribution is -2.50. The fourth-order valence-electron chi connectivity index (χ4n) is 3.02. The fourth-order valence-corrected chi connectivity index (χ4v) is 3.92. The highest BCUT2D eigenvalue weighted by Crippen LogP contribution is 2.22. The van der Waals surface area contributed by atoms with E-state index in [-0.39, 0.29) is 6.54 Å². The van der Waals surface area contributed by atoms with Crippen molar-refractivity contribution in [2.75, 3.05) is 24.2 Å². The maximum atomic E-state index is 13.2. The van der Waals surface area contributed by atoms with E-state index < -0.39 is 40.2 Å². The van der Waals surface area contributed by atoms with Gasteiger partial charge in [-0.1, -0.05) is 30.3 Å². The van der Waals surface area contributed by atoms with Crippen molar-refractivity contribution in [2.24, 2.45) is 0 Å². The first-order valence-corrected chi connectivity index (χ1v) is 11.2. The standard InChI is InChI=1S/C21H26FN3O4S/c1-15-7-5-6-8-19(15)25(30(4,28)29)14-20(26)24(16(2)21(27)23-3)13-17-9-11-18(22)12-10-17/h5-12,16H,13-14H2,1-4H3,(H,23,27)/t16-/m0/s1. The molecule has 2 amide bonds. The Balaban J connectivity index is 2.38. The van der Waals surface area contributed by atoms with Crippen molar-refractivity contribution in [1.82, 2.24) is 10.2 Å². The summed E-state index contributed by atoms with van der Waals surface area (Å²) in [5.74, 6) is -1.37. The molecule has 30 heavy (non-hydrogen) atoms. The Labute approximate surface area is 176 Å². The zero-order chi connectivity index (χ0) is 22.5. The fraction of sp³-hybridized carbons (Fsp3) is 0.333. The Hall–Kier alpha value is -2.94. The van der Waals surface area contributed by atoms with Crippen LogP contribution in [0.15, 0.2) is 48.5 Å². The number of para-hydroxylation sites is 1. The van der Waals surface area contributed by atoms with Crippen LogP contribution in [0, 0.1) is 12.7 Å². The monoisotopic (exact) mass is 435 g/mol. The van der Waals surface area contributed by atoms with E-state index in [0.29, 0.717) is 16.8 Å². The van der Waals surface area contributed by atoms with Crippen LogP contribution in [-0.4, -0.2) is 51.0 Å². The van der Waals surface area contributed by atoms with Crippen LogP contribution in [0.3, 0.4) is 0 Å². The summed E-state index contributed by atoms with van der Waals surface area (Å²) in [6, 6.07) is 11.5. The maximum Gasteiger partial charge on any atom is 0.244 e. The van der Waals surface area contributed by atoms with Crippen LogP contribution in [0.2, 0.25) is 0 Å². The number of sulfonamides is 1. The highest BCUT2D eigenvalue weighted by molar-refractivity contribution is 7.92. The number of nitrogens with one attached hydrogen (secondary N) is 1. The van der Waals surface area contributed by atoms with E-state index in [1.54, 1.807) is 38.1 Å². The lowest BCUT2D eigenvalue weighted by atomic mass is 10.1. The number of benzene rings is 2. The maximum absolute atomic E-state index is 13.2. The quantitative estimate of drug-likeness (QED) is 0.688. The number of amides is 2. The van der Waals surface area contributed by atoms with Crippen molar-refractivity contribution in [1.29, 1.82) is 0 Å². The second-order valence-electron chi connectivity index (χ2n) is 6.99. The molecule has 0 saturated carbocycles. The molecular formula is C21H26FN3O4S. The average Bonchev–Trinajstić information content (AvgIpc) is 2.70. The van der Waals surface area contributed by atoms with Crippen molar-refractivity contribution in [3.05, 3.63) is 65.5 Å². The van der Waals surface area contributed by atoms with E-state index in [1.807, 2.05) is 0 Å². The molecule has 0 aliphatic carbocycles. The molecule has 0 aliphatic rings. The molecule has 0 heterocycles. The van der Waals surface area contributed by atoms with Gasteiger partial charge in [0.25, 0.3) is 0 Å². The second kappa shape index (κ2) is 9.71. The molecule has 0 bridgehead atoms. The number of carbonyl (C=O) groups is 2. The van der Waals surface area contributed by atoms with Crippen LogP contribution < -0.4 is 9.62 Å². The average molecular weight is 436 g/mol. The van der Waals surface area contributed by atoms with Crippen molar-refractivity contribution in [2.45, 2.75) is 26.4 Å². The van der Waals surface area contributed by atoms with Gasteiger partial charge in [-0.3, -0.25) is 13.9 Å². The topological polar surface area (TPSA) is 86.8 Å². The van der Waals surface area contributed by atoms with Gasteiger partial charge >= 0.3 is 0 Å². The number of aryl methyl sites for hydroxylation is 1. The van der Waals surface area contributed by atoms with Crippen LogP contribution in [0.4, 0.5) is 10.1 Å². The van der Waals surface area contributed by atoms with E-state index >= 15 is 0 Å². The van der Waals surface area contributed by atoms with Gasteiger partial charge in [0.15, 0.2) is 0 Å². The molecule has 2 rings (SSSR count). The number of carbonyl (C=O) groups excluding carboxylic acids is 2. The zero-order valence-electron chi connectivity index (χ0n) is 17.4. The van der Waals surface area contributed by atoms with Gasteiger partial charge in [0.2, 0.25) is 21.8 Å². The third-order valence-corrected chi connectivity index (χ3v) is 5.87. The van der Waals surface area contributed by atoms with Crippen molar-refractivity contribution >= 4 is 27.5 Å². The van der Waals surface area contributed by atoms with E-state index in [9.17, 15) is 22.4 Å². The summed E-state index contributed by atoms with van der Waals surface area (Å²) >= 11 is 0. The summed E-state index contributed by atoms with van der Waals surface area (Å²) in [7, 11) is -2.31. The smallest absolute Gasteiger partial charge is 0.244 e. The van der Waals surface area contributed by atoms with Gasteiger partial charge in [-0.05, 0) is 43.2 Å². The highest BCUT2D eigenvalue weighted by atomic mass is 32.2. The third kappa shape index (κ3) is 5.79. The summed E-state index contributed by atoms with van der Waals surface area (Å²) in [6.07, 6.45) is 1.03. The predicted molar refractivity (Wildman–Crippen MR) is 114 cm³/mol. The van der Waals surface area contributed by atoms with Gasteiger partial charge in [0.1, 0.15) is 18.4 Å². The van der Waals surface area contributed by atoms with E-state index in [4.69, 9.17) is 0 Å². The number of rotatable bonds is 8. The number of nitrogens with zero attached hydrogens (tertiary/aromatic N) is 2. The SMILES string of the molecule is CNC(=O)[C@H](C)N(Cc1ccc(F)cc1)C(=O)CN(c1ccccc1C)S(C)(=O)=O. The molecule has 0 saturated heterocycles. The molecule has 2 aromatic rings. The Kier molecular flexibility index (Phi) is 7.55. The Morgan fingerprint density at radius 2 is 1.70 bits per heavy atom. The van der Waals surface area contributed by atoms with Gasteiger partial charge in [0.05, 0.1) is 11.9 Å². The Morgan fingerprint density at radius 3 is 2.23 bits per heavy atom. The molecule has 0 aliphatic heterocycles. The van der Waals surface area contributed by atoms with Crippen molar-refractivity contribution < 1.29 is 22.4 Å². The minimum atomic E-state index is -3.76. The molecule has 7 nitrogen and oxygen atoms in total. The minimum absolute atomic E-state index is 0.0269. The van der Waals surface area contributed by atoms with Gasteiger partial charge in [-0.2, -0.15) is 0 Å². The summed E-state index contributed by atoms with van der Waals surface area (Å²) in [5.41, 5.74) is 1.70. The summed E-state index contributed by atoms with van der Waals surface area (Å²) in [4.78, 5) is 26.7. The molecule has 2 aromatic carbocycles. The number of hydrogen-bond acceptors (Lipinski definition) is 4. The van der Waals surface area contributed by atoms with Gasteiger partial charge < -0.3 is 10.2 Å². The second-order valence-corrected chi connectivity index (χ2v) is 8.90. The molecule has 0 spiro atoms. The summed E-state index contributed by atoms with van der Waals surface area (Å²) in [5, 5.41) is 2.49. The number of anilines is 1. The van der Waals surface area contributed by atoms with Gasteiger partial charge in [0, 0.05) is 13.6 Å².